The van der Waals surface area contributed by atoms with E-state index in [1.807, 2.05) is 90.3 Å². The van der Waals surface area contributed by atoms with Gasteiger partial charge >= 0.3 is 0 Å². The number of ether oxygens (including phenoxy) is 1. The first-order valence-electron chi connectivity index (χ1n) is 9.46. The van der Waals surface area contributed by atoms with Gasteiger partial charge in [0.15, 0.2) is 0 Å². The minimum atomic E-state index is -0.859. The van der Waals surface area contributed by atoms with E-state index in [4.69, 9.17) is 4.74 Å². The fourth-order valence-electron chi connectivity index (χ4n) is 3.01. The Kier molecular flexibility index (Phi) is 6.17. The molecule has 0 aliphatic carbocycles. The van der Waals surface area contributed by atoms with Crippen LogP contribution in [0.15, 0.2) is 95.4 Å². The van der Waals surface area contributed by atoms with Crippen LogP contribution in [0.2, 0.25) is 0 Å². The van der Waals surface area contributed by atoms with Crippen molar-refractivity contribution in [2.75, 3.05) is 12.5 Å². The first kappa shape index (κ1) is 19.8. The van der Waals surface area contributed by atoms with Crippen molar-refractivity contribution in [3.63, 3.8) is 0 Å². The number of aliphatic hydroxyl groups excluding tert-OH is 1. The van der Waals surface area contributed by atoms with Crippen LogP contribution in [0.3, 0.4) is 0 Å². The molecular formula is C24H21N3O2S. The lowest BCUT2D eigenvalue weighted by molar-refractivity contribution is 0.248. The van der Waals surface area contributed by atoms with Gasteiger partial charge in [-0.1, -0.05) is 60.7 Å². The number of nitrogens with one attached hydrogen (secondary N) is 1. The Bertz CT molecular complexity index is 1110. The van der Waals surface area contributed by atoms with Crippen molar-refractivity contribution in [1.82, 2.24) is 4.98 Å². The van der Waals surface area contributed by atoms with E-state index in [9.17, 15) is 5.11 Å². The number of nitrogens with zero attached hydrogens (tertiary/aromatic N) is 2. The quantitative estimate of drug-likeness (QED) is 0.315. The van der Waals surface area contributed by atoms with Crippen molar-refractivity contribution in [2.45, 2.75) is 6.10 Å². The summed E-state index contributed by atoms with van der Waals surface area (Å²) in [5.41, 5.74) is 7.02. The van der Waals surface area contributed by atoms with Crippen LogP contribution >= 0.6 is 11.3 Å². The number of methoxy groups -OCH3 is 1. The number of aliphatic hydroxyl groups is 1. The van der Waals surface area contributed by atoms with Crippen LogP contribution < -0.4 is 10.2 Å². The van der Waals surface area contributed by atoms with Crippen LogP contribution in [-0.4, -0.2) is 22.9 Å². The van der Waals surface area contributed by atoms with Crippen LogP contribution in [0.25, 0.3) is 11.3 Å². The van der Waals surface area contributed by atoms with Gasteiger partial charge in [-0.2, -0.15) is 5.10 Å². The van der Waals surface area contributed by atoms with E-state index in [2.05, 4.69) is 15.5 Å². The molecule has 1 aromatic heterocycles. The number of hydrazone groups is 1. The summed E-state index contributed by atoms with van der Waals surface area (Å²) in [5, 5.41) is 18.1. The second kappa shape index (κ2) is 9.35. The summed E-state index contributed by atoms with van der Waals surface area (Å²) in [6.45, 7) is 0. The number of aromatic nitrogens is 1. The molecule has 30 heavy (non-hydrogen) atoms. The Balaban J connectivity index is 1.59. The van der Waals surface area contributed by atoms with Crippen molar-refractivity contribution in [3.05, 3.63) is 101 Å². The summed E-state index contributed by atoms with van der Waals surface area (Å²) >= 11 is 1.46. The molecule has 6 heteroatoms. The predicted octanol–water partition coefficient (Wildman–Crippen LogP) is 5.37. The molecule has 150 valence electrons. The molecule has 4 aromatic rings. The van der Waals surface area contributed by atoms with Crippen LogP contribution in [0, 0.1) is 0 Å². The van der Waals surface area contributed by atoms with Gasteiger partial charge in [-0.3, -0.25) is 5.43 Å². The SMILES string of the molecule is COc1ccc(-c2csc(N/N=C(/c3ccccc3)C(O)c3ccccc3)n2)cc1. The third kappa shape index (κ3) is 4.56. The van der Waals surface area contributed by atoms with E-state index in [0.717, 1.165) is 28.1 Å². The Morgan fingerprint density at radius 2 is 1.63 bits per heavy atom. The zero-order valence-electron chi connectivity index (χ0n) is 16.4. The summed E-state index contributed by atoms with van der Waals surface area (Å²) in [6.07, 6.45) is -0.859. The molecule has 3 aromatic carbocycles. The summed E-state index contributed by atoms with van der Waals surface area (Å²) in [5.74, 6) is 0.805. The van der Waals surface area contributed by atoms with Crippen LogP contribution in [0.5, 0.6) is 5.75 Å². The molecule has 1 atom stereocenters. The molecule has 0 fully saturated rings. The molecular weight excluding hydrogens is 394 g/mol. The number of hydrogen-bond donors (Lipinski definition) is 2. The van der Waals surface area contributed by atoms with Crippen molar-refractivity contribution in [1.29, 1.82) is 0 Å². The molecule has 0 saturated carbocycles. The fourth-order valence-corrected chi connectivity index (χ4v) is 3.67. The summed E-state index contributed by atoms with van der Waals surface area (Å²) in [7, 11) is 1.64. The number of anilines is 1. The molecule has 0 radical (unpaired) electrons. The first-order chi connectivity index (χ1) is 14.7. The second-order valence-corrected chi connectivity index (χ2v) is 7.41. The third-order valence-electron chi connectivity index (χ3n) is 4.61. The van der Waals surface area contributed by atoms with Gasteiger partial charge in [-0.15, -0.1) is 11.3 Å². The van der Waals surface area contributed by atoms with Crippen molar-refractivity contribution < 1.29 is 9.84 Å². The van der Waals surface area contributed by atoms with Gasteiger partial charge in [0.1, 0.15) is 17.6 Å². The maximum Gasteiger partial charge on any atom is 0.203 e. The topological polar surface area (TPSA) is 66.7 Å². The van der Waals surface area contributed by atoms with Gasteiger partial charge in [0, 0.05) is 16.5 Å². The van der Waals surface area contributed by atoms with Crippen LogP contribution in [0.4, 0.5) is 5.13 Å². The van der Waals surface area contributed by atoms with Gasteiger partial charge in [-0.25, -0.2) is 4.98 Å². The molecule has 1 heterocycles. The van der Waals surface area contributed by atoms with Crippen molar-refractivity contribution in [3.8, 4) is 17.0 Å². The second-order valence-electron chi connectivity index (χ2n) is 6.55. The number of benzene rings is 3. The Hall–Kier alpha value is -3.48. The van der Waals surface area contributed by atoms with Crippen molar-refractivity contribution in [2.24, 2.45) is 5.10 Å². The molecule has 5 nitrogen and oxygen atoms in total. The minimum Gasteiger partial charge on any atom is -0.497 e. The van der Waals surface area contributed by atoms with Gasteiger partial charge in [0.2, 0.25) is 5.13 Å². The molecule has 0 aliphatic rings. The minimum absolute atomic E-state index is 0.531. The molecule has 2 N–H and O–H groups in total. The molecule has 0 amide bonds. The lowest BCUT2D eigenvalue weighted by Crippen LogP contribution is -2.15. The van der Waals surface area contributed by atoms with Gasteiger partial charge in [0.05, 0.1) is 12.8 Å². The highest BCUT2D eigenvalue weighted by Crippen LogP contribution is 2.27. The molecule has 1 unspecified atom stereocenters. The maximum absolute atomic E-state index is 10.9. The summed E-state index contributed by atoms with van der Waals surface area (Å²) < 4.78 is 5.20. The Labute approximate surface area is 179 Å². The number of hydrogen-bond acceptors (Lipinski definition) is 6. The zero-order chi connectivity index (χ0) is 20.8. The lowest BCUT2D eigenvalue weighted by atomic mass is 9.99. The number of rotatable bonds is 7. The zero-order valence-corrected chi connectivity index (χ0v) is 17.2. The molecule has 0 bridgehead atoms. The lowest BCUT2D eigenvalue weighted by Gasteiger charge is -2.14. The fraction of sp³-hybridized carbons (Fsp3) is 0.0833. The van der Waals surface area contributed by atoms with Crippen molar-refractivity contribution >= 4 is 22.2 Å². The van der Waals surface area contributed by atoms with Crippen LogP contribution in [-0.2, 0) is 0 Å². The molecule has 4 rings (SSSR count). The maximum atomic E-state index is 10.9. The van der Waals surface area contributed by atoms with Gasteiger partial charge < -0.3 is 9.84 Å². The predicted molar refractivity (Wildman–Crippen MR) is 122 cm³/mol. The highest BCUT2D eigenvalue weighted by Gasteiger charge is 2.17. The summed E-state index contributed by atoms with van der Waals surface area (Å²) in [6, 6.07) is 26.9. The van der Waals surface area contributed by atoms with E-state index >= 15 is 0 Å². The highest BCUT2D eigenvalue weighted by molar-refractivity contribution is 7.14. The van der Waals surface area contributed by atoms with Gasteiger partial charge in [-0.05, 0) is 29.8 Å². The van der Waals surface area contributed by atoms with Crippen LogP contribution in [0.1, 0.15) is 17.2 Å². The standard InChI is InChI=1S/C24H21N3O2S/c1-29-20-14-12-17(13-15-20)21-16-30-24(25-21)27-26-22(18-8-4-2-5-9-18)23(28)19-10-6-3-7-11-19/h2-16,23,28H,1H3,(H,25,27)/b26-22-. The third-order valence-corrected chi connectivity index (χ3v) is 5.35. The Morgan fingerprint density at radius 1 is 0.967 bits per heavy atom. The largest absolute Gasteiger partial charge is 0.497 e. The van der Waals surface area contributed by atoms with Gasteiger partial charge in [0.25, 0.3) is 0 Å². The normalized spacial score (nSPS) is 12.4. The van der Waals surface area contributed by atoms with E-state index in [1.165, 1.54) is 11.3 Å². The molecule has 0 aliphatic heterocycles. The summed E-state index contributed by atoms with van der Waals surface area (Å²) in [4.78, 5) is 4.61. The number of thiazole rings is 1. The smallest absolute Gasteiger partial charge is 0.203 e. The molecule has 0 spiro atoms. The van der Waals surface area contributed by atoms with E-state index < -0.39 is 6.10 Å². The highest BCUT2D eigenvalue weighted by atomic mass is 32.1. The first-order valence-corrected chi connectivity index (χ1v) is 10.3. The van der Waals surface area contributed by atoms with E-state index in [0.29, 0.717) is 10.8 Å². The van der Waals surface area contributed by atoms with E-state index in [-0.39, 0.29) is 0 Å². The monoisotopic (exact) mass is 415 g/mol. The average molecular weight is 416 g/mol. The average Bonchev–Trinajstić information content (AvgIpc) is 3.29. The Morgan fingerprint density at radius 3 is 2.30 bits per heavy atom. The molecule has 0 saturated heterocycles. The van der Waals surface area contributed by atoms with E-state index in [1.54, 1.807) is 7.11 Å².